The van der Waals surface area contributed by atoms with Gasteiger partial charge in [0.2, 0.25) is 10.0 Å². The van der Waals surface area contributed by atoms with E-state index < -0.39 is 10.0 Å². The molecule has 0 saturated carbocycles. The smallest absolute Gasteiger partial charge is 0.244 e. The highest BCUT2D eigenvalue weighted by Crippen LogP contribution is 2.15. The Labute approximate surface area is 108 Å². The summed E-state index contributed by atoms with van der Waals surface area (Å²) in [6.45, 7) is 4.11. The zero-order chi connectivity index (χ0) is 13.6. The quantitative estimate of drug-likeness (QED) is 0.805. The van der Waals surface area contributed by atoms with E-state index in [4.69, 9.17) is 5.11 Å². The van der Waals surface area contributed by atoms with E-state index in [1.807, 2.05) is 0 Å². The van der Waals surface area contributed by atoms with Crippen molar-refractivity contribution in [2.24, 2.45) is 0 Å². The Bertz CT molecular complexity index is 554. The Morgan fingerprint density at radius 3 is 2.56 bits per heavy atom. The predicted molar refractivity (Wildman–Crippen MR) is 68.3 cm³/mol. The molecule has 0 aliphatic carbocycles. The molecule has 6 heteroatoms. The van der Waals surface area contributed by atoms with Crippen LogP contribution in [0, 0.1) is 11.8 Å². The van der Waals surface area contributed by atoms with Crippen LogP contribution in [0.15, 0.2) is 23.4 Å². The molecule has 5 nitrogen and oxygen atoms in total. The van der Waals surface area contributed by atoms with Crippen LogP contribution in [0.3, 0.4) is 0 Å². The molecule has 0 saturated heterocycles. The van der Waals surface area contributed by atoms with Gasteiger partial charge in [0.05, 0.1) is 0 Å². The number of aromatic nitrogens is 1. The van der Waals surface area contributed by atoms with Gasteiger partial charge < -0.3 is 5.11 Å². The van der Waals surface area contributed by atoms with Crippen molar-refractivity contribution in [1.29, 1.82) is 0 Å². The van der Waals surface area contributed by atoms with Gasteiger partial charge >= 0.3 is 0 Å². The zero-order valence-electron chi connectivity index (χ0n) is 10.4. The van der Waals surface area contributed by atoms with Gasteiger partial charge in [0, 0.05) is 31.0 Å². The molecule has 0 fully saturated rings. The summed E-state index contributed by atoms with van der Waals surface area (Å²) in [6.07, 6.45) is 2.77. The summed E-state index contributed by atoms with van der Waals surface area (Å²) in [4.78, 5) is 3.99. The number of pyridine rings is 1. The number of hydrogen-bond donors (Lipinski definition) is 1. The van der Waals surface area contributed by atoms with Crippen molar-refractivity contribution in [1.82, 2.24) is 9.29 Å². The summed E-state index contributed by atoms with van der Waals surface area (Å²) in [5.41, 5.74) is 0.470. The van der Waals surface area contributed by atoms with Gasteiger partial charge in [-0.25, -0.2) is 8.42 Å². The second kappa shape index (κ2) is 6.50. The molecule has 0 amide bonds. The molecule has 0 aliphatic rings. The molecule has 0 bridgehead atoms. The third-order valence-electron chi connectivity index (χ3n) is 2.37. The molecule has 0 aromatic carbocycles. The molecule has 1 heterocycles. The lowest BCUT2D eigenvalue weighted by atomic mass is 10.3. The number of rotatable bonds is 4. The van der Waals surface area contributed by atoms with Crippen LogP contribution >= 0.6 is 0 Å². The molecule has 0 unspecified atom stereocenters. The summed E-state index contributed by atoms with van der Waals surface area (Å²) in [6, 6.07) is 1.46. The molecule has 98 valence electrons. The number of aliphatic hydroxyl groups is 1. The Morgan fingerprint density at radius 2 is 2.00 bits per heavy atom. The minimum Gasteiger partial charge on any atom is -0.384 e. The largest absolute Gasteiger partial charge is 0.384 e. The minimum absolute atomic E-state index is 0.121. The molecular formula is C12H16N2O3S. The van der Waals surface area contributed by atoms with Gasteiger partial charge in [-0.1, -0.05) is 25.7 Å². The van der Waals surface area contributed by atoms with Crippen LogP contribution < -0.4 is 0 Å². The number of hydrogen-bond acceptors (Lipinski definition) is 4. The van der Waals surface area contributed by atoms with Crippen molar-refractivity contribution in [3.05, 3.63) is 24.0 Å². The van der Waals surface area contributed by atoms with Gasteiger partial charge in [-0.05, 0) is 6.07 Å². The minimum atomic E-state index is -3.51. The van der Waals surface area contributed by atoms with E-state index in [1.54, 1.807) is 13.8 Å². The van der Waals surface area contributed by atoms with E-state index in [0.717, 1.165) is 0 Å². The van der Waals surface area contributed by atoms with Crippen LogP contribution in [0.25, 0.3) is 0 Å². The topological polar surface area (TPSA) is 70.5 Å². The highest BCUT2D eigenvalue weighted by molar-refractivity contribution is 7.89. The molecule has 1 aromatic heterocycles. The Balaban J connectivity index is 3.17. The van der Waals surface area contributed by atoms with Crippen molar-refractivity contribution in [3.8, 4) is 11.8 Å². The molecule has 1 rings (SSSR count). The average molecular weight is 268 g/mol. The fourth-order valence-corrected chi connectivity index (χ4v) is 2.93. The van der Waals surface area contributed by atoms with Gasteiger partial charge in [-0.15, -0.1) is 0 Å². The second-order valence-electron chi connectivity index (χ2n) is 3.46. The van der Waals surface area contributed by atoms with Crippen LogP contribution in [-0.4, -0.2) is 42.5 Å². The maximum Gasteiger partial charge on any atom is 0.244 e. The summed E-state index contributed by atoms with van der Waals surface area (Å²) >= 11 is 0. The fourth-order valence-electron chi connectivity index (χ4n) is 1.48. The van der Waals surface area contributed by atoms with Gasteiger partial charge in [0.1, 0.15) is 11.5 Å². The highest BCUT2D eigenvalue weighted by Gasteiger charge is 2.21. The summed E-state index contributed by atoms with van der Waals surface area (Å²) in [7, 11) is -3.51. The number of sulfonamides is 1. The third kappa shape index (κ3) is 3.29. The Hall–Kier alpha value is -1.42. The second-order valence-corrected chi connectivity index (χ2v) is 5.40. The zero-order valence-corrected chi connectivity index (χ0v) is 11.2. The van der Waals surface area contributed by atoms with Crippen molar-refractivity contribution < 1.29 is 13.5 Å². The lowest BCUT2D eigenvalue weighted by Crippen LogP contribution is -2.30. The Kier molecular flexibility index (Phi) is 5.28. The molecular weight excluding hydrogens is 252 g/mol. The maximum atomic E-state index is 12.2. The van der Waals surface area contributed by atoms with Gasteiger partial charge in [-0.3, -0.25) is 4.98 Å². The fraction of sp³-hybridized carbons (Fsp3) is 0.417. The molecule has 1 N–H and O–H groups in total. The molecule has 0 atom stereocenters. The third-order valence-corrected chi connectivity index (χ3v) is 4.38. The van der Waals surface area contributed by atoms with E-state index in [0.29, 0.717) is 18.7 Å². The van der Waals surface area contributed by atoms with Crippen molar-refractivity contribution in [2.45, 2.75) is 18.7 Å². The maximum absolute atomic E-state index is 12.2. The average Bonchev–Trinajstić information content (AvgIpc) is 2.38. The first-order chi connectivity index (χ1) is 8.56. The first-order valence-corrected chi connectivity index (χ1v) is 7.05. The lowest BCUT2D eigenvalue weighted by molar-refractivity contribution is 0.350. The van der Waals surface area contributed by atoms with Crippen LogP contribution in [-0.2, 0) is 10.0 Å². The van der Waals surface area contributed by atoms with Crippen molar-refractivity contribution in [3.63, 3.8) is 0 Å². The highest BCUT2D eigenvalue weighted by atomic mass is 32.2. The van der Waals surface area contributed by atoms with E-state index in [1.165, 1.54) is 22.8 Å². The molecule has 0 aliphatic heterocycles. The lowest BCUT2D eigenvalue weighted by Gasteiger charge is -2.18. The number of aliphatic hydroxyl groups excluding tert-OH is 1. The van der Waals surface area contributed by atoms with Crippen molar-refractivity contribution >= 4 is 10.0 Å². The van der Waals surface area contributed by atoms with E-state index in [2.05, 4.69) is 16.8 Å². The predicted octanol–water partition coefficient (Wildman–Crippen LogP) is 0.456. The molecule has 0 spiro atoms. The first kappa shape index (κ1) is 14.6. The molecule has 0 radical (unpaired) electrons. The molecule has 18 heavy (non-hydrogen) atoms. The monoisotopic (exact) mass is 268 g/mol. The van der Waals surface area contributed by atoms with Crippen LogP contribution in [0.5, 0.6) is 0 Å². The van der Waals surface area contributed by atoms with E-state index in [9.17, 15) is 8.42 Å². The summed E-state index contributed by atoms with van der Waals surface area (Å²) in [5, 5.41) is 8.60. The van der Waals surface area contributed by atoms with Crippen LogP contribution in [0.2, 0.25) is 0 Å². The van der Waals surface area contributed by atoms with E-state index >= 15 is 0 Å². The summed E-state index contributed by atoms with van der Waals surface area (Å²) in [5.74, 6) is 5.09. The first-order valence-electron chi connectivity index (χ1n) is 5.61. The standard InChI is InChI=1S/C12H16N2O3S/c1-3-14(4-2)18(16,17)12-8-11(6-5-7-15)9-13-10-12/h8-10,15H,3-4,7H2,1-2H3. The Morgan fingerprint density at radius 1 is 1.33 bits per heavy atom. The SMILES string of the molecule is CCN(CC)S(=O)(=O)c1cncc(C#CCO)c1. The van der Waals surface area contributed by atoms with E-state index in [-0.39, 0.29) is 11.5 Å². The molecule has 1 aromatic rings. The number of nitrogens with zero attached hydrogens (tertiary/aromatic N) is 2. The van der Waals surface area contributed by atoms with Gasteiger partial charge in [0.15, 0.2) is 0 Å². The van der Waals surface area contributed by atoms with Crippen LogP contribution in [0.1, 0.15) is 19.4 Å². The summed E-state index contributed by atoms with van der Waals surface area (Å²) < 4.78 is 25.8. The van der Waals surface area contributed by atoms with Gasteiger partial charge in [0.25, 0.3) is 0 Å². The van der Waals surface area contributed by atoms with Crippen molar-refractivity contribution in [2.75, 3.05) is 19.7 Å². The normalized spacial score (nSPS) is 11.1. The van der Waals surface area contributed by atoms with Crippen LogP contribution in [0.4, 0.5) is 0 Å². The van der Waals surface area contributed by atoms with Gasteiger partial charge in [-0.2, -0.15) is 4.31 Å².